The molecule has 1 rings (SSSR count). The van der Waals surface area contributed by atoms with Crippen LogP contribution in [0.2, 0.25) is 0 Å². The summed E-state index contributed by atoms with van der Waals surface area (Å²) in [7, 11) is 0. The Hall–Kier alpha value is -0.610. The van der Waals surface area contributed by atoms with E-state index >= 15 is 0 Å². The third-order valence-corrected chi connectivity index (χ3v) is 2.84. The van der Waals surface area contributed by atoms with Gasteiger partial charge in [-0.25, -0.2) is 0 Å². The van der Waals surface area contributed by atoms with Gasteiger partial charge in [0.15, 0.2) is 0 Å². The van der Waals surface area contributed by atoms with Gasteiger partial charge in [0.25, 0.3) is 0 Å². The van der Waals surface area contributed by atoms with E-state index in [9.17, 15) is 4.79 Å². The third kappa shape index (κ3) is 5.47. The van der Waals surface area contributed by atoms with Crippen LogP contribution in [-0.2, 0) is 9.53 Å². The number of hydrogen-bond donors (Lipinski definition) is 1. The maximum absolute atomic E-state index is 11.7. The fourth-order valence-corrected chi connectivity index (χ4v) is 1.80. The summed E-state index contributed by atoms with van der Waals surface area (Å²) in [6.45, 7) is 6.61. The molecule has 0 aromatic heterocycles. The molecule has 1 N–H and O–H groups in total. The highest BCUT2D eigenvalue weighted by molar-refractivity contribution is 5.77. The molecule has 4 nitrogen and oxygen atoms in total. The smallest absolute Gasteiger partial charge is 0.248 e. The Balaban J connectivity index is 1.97. The number of amides is 1. The van der Waals surface area contributed by atoms with E-state index in [2.05, 4.69) is 12.2 Å². The second-order valence-electron chi connectivity index (χ2n) is 4.24. The Labute approximate surface area is 98.3 Å². The number of nitrogens with zero attached hydrogens (tertiary/aromatic N) is 1. The molecule has 0 saturated carbocycles. The highest BCUT2D eigenvalue weighted by Gasteiger charge is 2.15. The van der Waals surface area contributed by atoms with Gasteiger partial charge in [-0.1, -0.05) is 26.2 Å². The van der Waals surface area contributed by atoms with Gasteiger partial charge in [-0.3, -0.25) is 4.79 Å². The minimum atomic E-state index is 0.136. The van der Waals surface area contributed by atoms with Crippen molar-refractivity contribution in [3.63, 3.8) is 0 Å². The molecule has 0 aromatic carbocycles. The molecule has 0 aliphatic carbocycles. The zero-order chi connectivity index (χ0) is 11.6. The van der Waals surface area contributed by atoms with Gasteiger partial charge >= 0.3 is 0 Å². The van der Waals surface area contributed by atoms with Crippen molar-refractivity contribution in [2.24, 2.45) is 0 Å². The van der Waals surface area contributed by atoms with Gasteiger partial charge < -0.3 is 15.0 Å². The summed E-state index contributed by atoms with van der Waals surface area (Å²) in [6, 6.07) is 0. The zero-order valence-electron chi connectivity index (χ0n) is 10.3. The average molecular weight is 228 g/mol. The predicted octanol–water partition coefficient (Wildman–Crippen LogP) is 1.02. The van der Waals surface area contributed by atoms with Gasteiger partial charge in [-0.05, 0) is 6.42 Å². The number of rotatable bonds is 7. The number of carbonyl (C=O) groups is 1. The molecule has 1 aliphatic heterocycles. The minimum absolute atomic E-state index is 0.136. The van der Waals surface area contributed by atoms with E-state index < -0.39 is 0 Å². The number of hydrogen-bond acceptors (Lipinski definition) is 3. The molecule has 0 bridgehead atoms. The van der Waals surface area contributed by atoms with Gasteiger partial charge in [-0.15, -0.1) is 0 Å². The quantitative estimate of drug-likeness (QED) is 0.661. The van der Waals surface area contributed by atoms with E-state index in [1.54, 1.807) is 0 Å². The summed E-state index contributed by atoms with van der Waals surface area (Å²) in [6.07, 6.45) is 4.77. The Morgan fingerprint density at radius 2 is 2.00 bits per heavy atom. The van der Waals surface area contributed by atoms with Crippen LogP contribution in [0.1, 0.15) is 32.6 Å². The van der Waals surface area contributed by atoms with E-state index in [-0.39, 0.29) is 12.5 Å². The lowest BCUT2D eigenvalue weighted by Crippen LogP contribution is -2.47. The van der Waals surface area contributed by atoms with Gasteiger partial charge in [0, 0.05) is 32.8 Å². The molecule has 1 heterocycles. The van der Waals surface area contributed by atoms with E-state index in [0.717, 1.165) is 39.2 Å². The molecule has 16 heavy (non-hydrogen) atoms. The lowest BCUT2D eigenvalue weighted by molar-refractivity contribution is -0.136. The summed E-state index contributed by atoms with van der Waals surface area (Å²) in [5.74, 6) is 0.136. The number of piperazine rings is 1. The largest absolute Gasteiger partial charge is 0.372 e. The number of nitrogens with one attached hydrogen (secondary N) is 1. The van der Waals surface area contributed by atoms with E-state index in [0.29, 0.717) is 0 Å². The van der Waals surface area contributed by atoms with Crippen molar-refractivity contribution >= 4 is 5.91 Å². The minimum Gasteiger partial charge on any atom is -0.372 e. The predicted molar refractivity (Wildman–Crippen MR) is 64.4 cm³/mol. The standard InChI is InChI=1S/C12H24N2O2/c1-2-3-4-5-10-16-11-12(15)14-8-6-13-7-9-14/h13H,2-11H2,1H3. The Morgan fingerprint density at radius 3 is 2.69 bits per heavy atom. The average Bonchev–Trinajstić information content (AvgIpc) is 2.34. The van der Waals surface area contributed by atoms with Crippen molar-refractivity contribution in [2.45, 2.75) is 32.6 Å². The van der Waals surface area contributed by atoms with Gasteiger partial charge in [0.2, 0.25) is 5.91 Å². The molecule has 4 heteroatoms. The summed E-state index contributed by atoms with van der Waals surface area (Å²) in [5, 5.41) is 3.23. The van der Waals surface area contributed by atoms with Gasteiger partial charge in [0.05, 0.1) is 0 Å². The van der Waals surface area contributed by atoms with E-state index in [4.69, 9.17) is 4.74 Å². The van der Waals surface area contributed by atoms with Crippen molar-refractivity contribution in [3.05, 3.63) is 0 Å². The molecule has 0 atom stereocenters. The van der Waals surface area contributed by atoms with Crippen molar-refractivity contribution < 1.29 is 9.53 Å². The monoisotopic (exact) mass is 228 g/mol. The highest BCUT2D eigenvalue weighted by Crippen LogP contribution is 1.99. The van der Waals surface area contributed by atoms with Crippen molar-refractivity contribution in [3.8, 4) is 0 Å². The van der Waals surface area contributed by atoms with Gasteiger partial charge in [0.1, 0.15) is 6.61 Å². The fourth-order valence-electron chi connectivity index (χ4n) is 1.80. The number of ether oxygens (including phenoxy) is 1. The lowest BCUT2D eigenvalue weighted by atomic mass is 10.2. The van der Waals surface area contributed by atoms with Crippen LogP contribution in [-0.4, -0.2) is 50.2 Å². The summed E-state index contributed by atoms with van der Waals surface area (Å²) < 4.78 is 5.38. The van der Waals surface area contributed by atoms with Crippen LogP contribution >= 0.6 is 0 Å². The normalized spacial score (nSPS) is 16.4. The highest BCUT2D eigenvalue weighted by atomic mass is 16.5. The molecule has 1 saturated heterocycles. The lowest BCUT2D eigenvalue weighted by Gasteiger charge is -2.27. The van der Waals surface area contributed by atoms with Crippen LogP contribution in [0.3, 0.4) is 0 Å². The van der Waals surface area contributed by atoms with Crippen LogP contribution < -0.4 is 5.32 Å². The first-order valence-electron chi connectivity index (χ1n) is 6.41. The Morgan fingerprint density at radius 1 is 1.25 bits per heavy atom. The van der Waals surface area contributed by atoms with E-state index in [1.165, 1.54) is 19.3 Å². The van der Waals surface area contributed by atoms with Crippen LogP contribution in [0.15, 0.2) is 0 Å². The first kappa shape index (κ1) is 13.5. The molecular formula is C12H24N2O2. The molecule has 0 aromatic rings. The topological polar surface area (TPSA) is 41.6 Å². The number of unbranched alkanes of at least 4 members (excludes halogenated alkanes) is 3. The van der Waals surface area contributed by atoms with Crippen LogP contribution in [0.5, 0.6) is 0 Å². The van der Waals surface area contributed by atoms with Crippen molar-refractivity contribution in [1.29, 1.82) is 0 Å². The second kappa shape index (κ2) is 8.53. The Kier molecular flexibility index (Phi) is 7.17. The van der Waals surface area contributed by atoms with E-state index in [1.807, 2.05) is 4.90 Å². The first-order chi connectivity index (χ1) is 7.84. The SMILES string of the molecule is CCCCCCOCC(=O)N1CCNCC1. The number of carbonyl (C=O) groups excluding carboxylic acids is 1. The molecule has 0 spiro atoms. The molecule has 1 fully saturated rings. The molecule has 1 amide bonds. The van der Waals surface area contributed by atoms with Crippen molar-refractivity contribution in [1.82, 2.24) is 10.2 Å². The maximum Gasteiger partial charge on any atom is 0.248 e. The third-order valence-electron chi connectivity index (χ3n) is 2.84. The molecular weight excluding hydrogens is 204 g/mol. The van der Waals surface area contributed by atoms with Crippen LogP contribution in [0.25, 0.3) is 0 Å². The molecule has 94 valence electrons. The van der Waals surface area contributed by atoms with Crippen molar-refractivity contribution in [2.75, 3.05) is 39.4 Å². The first-order valence-corrected chi connectivity index (χ1v) is 6.41. The molecule has 1 aliphatic rings. The second-order valence-corrected chi connectivity index (χ2v) is 4.24. The van der Waals surface area contributed by atoms with Crippen LogP contribution in [0, 0.1) is 0 Å². The zero-order valence-corrected chi connectivity index (χ0v) is 10.3. The molecule has 0 radical (unpaired) electrons. The fraction of sp³-hybridized carbons (Fsp3) is 0.917. The van der Waals surface area contributed by atoms with Gasteiger partial charge in [-0.2, -0.15) is 0 Å². The van der Waals surface area contributed by atoms with Crippen LogP contribution in [0.4, 0.5) is 0 Å². The Bertz CT molecular complexity index is 191. The maximum atomic E-state index is 11.7. The summed E-state index contributed by atoms with van der Waals surface area (Å²) in [4.78, 5) is 13.5. The molecule has 0 unspecified atom stereocenters. The summed E-state index contributed by atoms with van der Waals surface area (Å²) >= 11 is 0. The summed E-state index contributed by atoms with van der Waals surface area (Å²) in [5.41, 5.74) is 0.